The minimum absolute atomic E-state index is 0.0815. The Morgan fingerprint density at radius 2 is 1.92 bits per heavy atom. The summed E-state index contributed by atoms with van der Waals surface area (Å²) in [5.41, 5.74) is 0.820. The molecule has 0 aliphatic heterocycles. The Morgan fingerprint density at radius 3 is 2.62 bits per heavy atom. The number of phenolic OH excluding ortho intramolecular Hbond substituents is 1. The number of methoxy groups -OCH3 is 2. The zero-order valence-corrected chi connectivity index (χ0v) is 15.3. The van der Waals surface area contributed by atoms with E-state index in [9.17, 15) is 5.11 Å². The highest BCUT2D eigenvalue weighted by Crippen LogP contribution is 2.36. The van der Waals surface area contributed by atoms with E-state index in [0.717, 1.165) is 10.8 Å². The number of pyridine rings is 1. The molecule has 7 heteroatoms. The lowest BCUT2D eigenvalue weighted by molar-refractivity contribution is 0.0343. The van der Waals surface area contributed by atoms with E-state index in [1.165, 1.54) is 0 Å². The molecule has 0 radical (unpaired) electrons. The van der Waals surface area contributed by atoms with E-state index < -0.39 is 0 Å². The fourth-order valence-electron chi connectivity index (χ4n) is 2.53. The number of hydrogen-bond acceptors (Lipinski definition) is 7. The van der Waals surface area contributed by atoms with Crippen molar-refractivity contribution in [1.82, 2.24) is 15.2 Å². The molecule has 2 heterocycles. The Balaban J connectivity index is 2.06. The maximum Gasteiger partial charge on any atom is 0.158 e. The van der Waals surface area contributed by atoms with Crippen LogP contribution < -0.4 is 10.1 Å². The first kappa shape index (κ1) is 17.9. The Kier molecular flexibility index (Phi) is 4.90. The van der Waals surface area contributed by atoms with E-state index in [4.69, 9.17) is 9.47 Å². The molecule has 0 saturated heterocycles. The Labute approximate surface area is 152 Å². The molecule has 3 rings (SSSR count). The lowest BCUT2D eigenvalue weighted by Crippen LogP contribution is -2.32. The van der Waals surface area contributed by atoms with E-state index in [1.807, 2.05) is 19.9 Å². The molecule has 0 unspecified atom stereocenters. The zero-order chi connectivity index (χ0) is 18.7. The van der Waals surface area contributed by atoms with Crippen LogP contribution in [0.2, 0.25) is 0 Å². The predicted octanol–water partition coefficient (Wildman–Crippen LogP) is 3.24. The highest BCUT2D eigenvalue weighted by Gasteiger charge is 2.19. The van der Waals surface area contributed by atoms with E-state index in [-0.39, 0.29) is 11.4 Å². The molecule has 0 atom stereocenters. The number of benzene rings is 1. The molecule has 2 N–H and O–H groups in total. The van der Waals surface area contributed by atoms with Gasteiger partial charge in [0, 0.05) is 48.5 Å². The van der Waals surface area contributed by atoms with Gasteiger partial charge in [0.05, 0.1) is 12.7 Å². The van der Waals surface area contributed by atoms with Crippen LogP contribution in [0.3, 0.4) is 0 Å². The zero-order valence-electron chi connectivity index (χ0n) is 15.3. The number of aromatic nitrogens is 3. The number of fused-ring (bicyclic) bond motifs is 1. The van der Waals surface area contributed by atoms with Crippen molar-refractivity contribution in [1.29, 1.82) is 0 Å². The van der Waals surface area contributed by atoms with Gasteiger partial charge in [-0.2, -0.15) is 0 Å². The molecule has 0 bridgehead atoms. The Bertz CT molecular complexity index is 928. The van der Waals surface area contributed by atoms with Crippen LogP contribution in [0.25, 0.3) is 22.0 Å². The summed E-state index contributed by atoms with van der Waals surface area (Å²) in [7, 11) is 3.22. The maximum absolute atomic E-state index is 10.4. The Morgan fingerprint density at radius 1 is 1.12 bits per heavy atom. The third kappa shape index (κ3) is 3.52. The van der Waals surface area contributed by atoms with Gasteiger partial charge in [-0.1, -0.05) is 0 Å². The molecule has 136 valence electrons. The van der Waals surface area contributed by atoms with Gasteiger partial charge in [0.25, 0.3) is 0 Å². The quantitative estimate of drug-likeness (QED) is 0.702. The lowest BCUT2D eigenvalue weighted by Gasteiger charge is -2.23. The third-order valence-electron chi connectivity index (χ3n) is 4.28. The number of ether oxygens (including phenoxy) is 2. The van der Waals surface area contributed by atoms with E-state index >= 15 is 0 Å². The van der Waals surface area contributed by atoms with E-state index in [0.29, 0.717) is 29.4 Å². The van der Waals surface area contributed by atoms with Crippen molar-refractivity contribution >= 4 is 16.6 Å². The number of phenols is 1. The molecule has 0 fully saturated rings. The van der Waals surface area contributed by atoms with Crippen LogP contribution >= 0.6 is 0 Å². The molecule has 0 amide bonds. The highest BCUT2D eigenvalue weighted by molar-refractivity contribution is 6.00. The predicted molar refractivity (Wildman–Crippen MR) is 101 cm³/mol. The average molecular weight is 354 g/mol. The van der Waals surface area contributed by atoms with Gasteiger partial charge in [-0.15, -0.1) is 10.2 Å². The van der Waals surface area contributed by atoms with Gasteiger partial charge < -0.3 is 19.9 Å². The van der Waals surface area contributed by atoms with Gasteiger partial charge in [-0.3, -0.25) is 4.98 Å². The van der Waals surface area contributed by atoms with Crippen LogP contribution in [-0.4, -0.2) is 46.7 Å². The standard InChI is InChI=1S/C19H22N4O3/c1-19(2,26-4)11-21-18-15-10-20-8-7-13(15)17(22-23-18)14-6-5-12(25-3)9-16(14)24/h5-10,24H,11H2,1-4H3,(H,21,23). The first-order valence-electron chi connectivity index (χ1n) is 8.22. The summed E-state index contributed by atoms with van der Waals surface area (Å²) in [5, 5.41) is 23.9. The van der Waals surface area contributed by atoms with Gasteiger partial charge in [-0.05, 0) is 32.0 Å². The second-order valence-corrected chi connectivity index (χ2v) is 6.52. The average Bonchev–Trinajstić information content (AvgIpc) is 2.66. The maximum atomic E-state index is 10.4. The molecule has 0 saturated carbocycles. The highest BCUT2D eigenvalue weighted by atomic mass is 16.5. The van der Waals surface area contributed by atoms with Crippen LogP contribution in [0.5, 0.6) is 11.5 Å². The number of nitrogens with one attached hydrogen (secondary N) is 1. The number of nitrogens with zero attached hydrogens (tertiary/aromatic N) is 3. The van der Waals surface area contributed by atoms with Gasteiger partial charge >= 0.3 is 0 Å². The van der Waals surface area contributed by atoms with Gasteiger partial charge in [-0.25, -0.2) is 0 Å². The lowest BCUT2D eigenvalue weighted by atomic mass is 10.0. The Hall–Kier alpha value is -2.93. The van der Waals surface area contributed by atoms with Crippen molar-refractivity contribution in [3.8, 4) is 22.8 Å². The van der Waals surface area contributed by atoms with E-state index in [1.54, 1.807) is 44.8 Å². The summed E-state index contributed by atoms with van der Waals surface area (Å²) >= 11 is 0. The summed E-state index contributed by atoms with van der Waals surface area (Å²) in [6.07, 6.45) is 3.42. The summed E-state index contributed by atoms with van der Waals surface area (Å²) in [5.74, 6) is 1.28. The molecule has 0 spiro atoms. The van der Waals surface area contributed by atoms with Crippen molar-refractivity contribution < 1.29 is 14.6 Å². The van der Waals surface area contributed by atoms with E-state index in [2.05, 4.69) is 20.5 Å². The number of anilines is 1. The van der Waals surface area contributed by atoms with Crippen LogP contribution in [0.1, 0.15) is 13.8 Å². The summed E-state index contributed by atoms with van der Waals surface area (Å²) in [4.78, 5) is 4.20. The third-order valence-corrected chi connectivity index (χ3v) is 4.28. The normalized spacial score (nSPS) is 11.5. The summed E-state index contributed by atoms with van der Waals surface area (Å²) in [6.45, 7) is 4.53. The minimum atomic E-state index is -0.344. The number of rotatable bonds is 6. The first-order valence-corrected chi connectivity index (χ1v) is 8.22. The van der Waals surface area contributed by atoms with Crippen LogP contribution in [0.15, 0.2) is 36.7 Å². The first-order chi connectivity index (χ1) is 12.4. The van der Waals surface area contributed by atoms with Crippen molar-refractivity contribution in [2.24, 2.45) is 0 Å². The SMILES string of the molecule is COc1ccc(-c2nnc(NCC(C)(C)OC)c3cnccc23)c(O)c1. The summed E-state index contributed by atoms with van der Waals surface area (Å²) in [6, 6.07) is 6.95. The number of aromatic hydroxyl groups is 1. The van der Waals surface area contributed by atoms with Crippen LogP contribution in [0, 0.1) is 0 Å². The molecule has 2 aromatic heterocycles. The van der Waals surface area contributed by atoms with Crippen molar-refractivity contribution in [3.05, 3.63) is 36.7 Å². The molecular weight excluding hydrogens is 332 g/mol. The topological polar surface area (TPSA) is 89.4 Å². The molecule has 0 aliphatic rings. The molecule has 7 nitrogen and oxygen atoms in total. The largest absolute Gasteiger partial charge is 0.507 e. The van der Waals surface area contributed by atoms with Crippen molar-refractivity contribution in [2.75, 3.05) is 26.1 Å². The monoisotopic (exact) mass is 354 g/mol. The summed E-state index contributed by atoms with van der Waals surface area (Å²) < 4.78 is 10.6. The second kappa shape index (κ2) is 7.13. The molecule has 3 aromatic rings. The molecule has 1 aromatic carbocycles. The smallest absolute Gasteiger partial charge is 0.158 e. The number of hydrogen-bond donors (Lipinski definition) is 2. The fraction of sp³-hybridized carbons (Fsp3) is 0.316. The second-order valence-electron chi connectivity index (χ2n) is 6.52. The fourth-order valence-corrected chi connectivity index (χ4v) is 2.53. The van der Waals surface area contributed by atoms with Gasteiger partial charge in [0.15, 0.2) is 5.82 Å². The van der Waals surface area contributed by atoms with Crippen molar-refractivity contribution in [2.45, 2.75) is 19.4 Å². The minimum Gasteiger partial charge on any atom is -0.507 e. The molecular formula is C19H22N4O3. The van der Waals surface area contributed by atoms with Gasteiger partial charge in [0.1, 0.15) is 17.2 Å². The van der Waals surface area contributed by atoms with Crippen LogP contribution in [-0.2, 0) is 4.74 Å². The van der Waals surface area contributed by atoms with Gasteiger partial charge in [0.2, 0.25) is 0 Å². The van der Waals surface area contributed by atoms with Crippen LogP contribution in [0.4, 0.5) is 5.82 Å². The molecule has 0 aliphatic carbocycles. The van der Waals surface area contributed by atoms with Crippen molar-refractivity contribution in [3.63, 3.8) is 0 Å². The molecule has 26 heavy (non-hydrogen) atoms.